The lowest BCUT2D eigenvalue weighted by Gasteiger charge is -2.21. The normalized spacial score (nSPS) is 11.7. The van der Waals surface area contributed by atoms with Gasteiger partial charge in [0.05, 0.1) is 35.6 Å². The number of pyridine rings is 1. The number of nitrogens with one attached hydrogen (secondary N) is 10. The van der Waals surface area contributed by atoms with Crippen molar-refractivity contribution in [3.63, 3.8) is 0 Å². The molecule has 24 nitrogen and oxygen atoms in total. The van der Waals surface area contributed by atoms with Gasteiger partial charge in [0, 0.05) is 97.2 Å². The fraction of sp³-hybridized carbons (Fsp3) is 0.364. The first-order valence-corrected chi connectivity index (χ1v) is 21.7. The quantitative estimate of drug-likeness (QED) is 0.0353. The molecule has 0 unspecified atom stereocenters. The molecule has 5 heterocycles. The van der Waals surface area contributed by atoms with E-state index in [9.17, 15) is 38.4 Å². The fourth-order valence-electron chi connectivity index (χ4n) is 6.73. The topological polar surface area (TPSA) is 327 Å². The molecule has 0 aromatic carbocycles. The molecule has 8 amide bonds. The van der Waals surface area contributed by atoms with Crippen LogP contribution in [0.15, 0.2) is 67.5 Å². The molecule has 0 bridgehead atoms. The Bertz CT molecular complexity index is 2590. The highest BCUT2D eigenvalue weighted by atomic mass is 16.2. The molecule has 0 aliphatic rings. The van der Waals surface area contributed by atoms with Gasteiger partial charge in [0.2, 0.25) is 23.6 Å². The number of nitrogens with two attached hydrogens (primary N) is 1. The number of H-pyrrole nitrogens is 1. The van der Waals surface area contributed by atoms with Gasteiger partial charge in [-0.05, 0) is 43.7 Å². The monoisotopic (exact) mass is 938 g/mol. The molecule has 5 rings (SSSR count). The molecule has 0 aliphatic heterocycles. The number of amides is 8. The van der Waals surface area contributed by atoms with Crippen LogP contribution in [0.1, 0.15) is 80.0 Å². The number of carbonyl (C=O) groups is 8. The van der Waals surface area contributed by atoms with Crippen LogP contribution in [0.3, 0.4) is 0 Å². The Morgan fingerprint density at radius 1 is 0.706 bits per heavy atom. The van der Waals surface area contributed by atoms with Gasteiger partial charge in [-0.3, -0.25) is 38.4 Å². The van der Waals surface area contributed by atoms with Crippen molar-refractivity contribution in [3.05, 3.63) is 102 Å². The Hall–Kier alpha value is -8.12. The first kappa shape index (κ1) is 50.9. The third-order valence-corrected chi connectivity index (χ3v) is 10.2. The lowest BCUT2D eigenvalue weighted by Crippen LogP contribution is -2.54. The maximum Gasteiger partial charge on any atom is 0.272 e. The summed E-state index contributed by atoms with van der Waals surface area (Å²) in [4.78, 5) is 115. The molecule has 5 aromatic heterocycles. The van der Waals surface area contributed by atoms with E-state index in [1.54, 1.807) is 62.5 Å². The van der Waals surface area contributed by atoms with E-state index in [1.807, 2.05) is 6.92 Å². The third kappa shape index (κ3) is 14.7. The largest absolute Gasteiger partial charge is 0.353 e. The average Bonchev–Trinajstić information content (AvgIpc) is 4.11. The molecule has 362 valence electrons. The second-order valence-corrected chi connectivity index (χ2v) is 15.7. The van der Waals surface area contributed by atoms with Gasteiger partial charge < -0.3 is 72.3 Å². The molecule has 68 heavy (non-hydrogen) atoms. The predicted octanol–water partition coefficient (Wildman–Crippen LogP) is -0.380. The number of aryl methyl sites for hydroxylation is 3. The minimum Gasteiger partial charge on any atom is -0.353 e. The molecule has 5 aromatic rings. The summed E-state index contributed by atoms with van der Waals surface area (Å²) in [6.45, 7) is 4.35. The van der Waals surface area contributed by atoms with E-state index in [4.69, 9.17) is 5.73 Å². The number of rotatable bonds is 24. The van der Waals surface area contributed by atoms with Crippen molar-refractivity contribution in [2.24, 2.45) is 26.9 Å². The second-order valence-electron chi connectivity index (χ2n) is 15.7. The molecule has 0 radical (unpaired) electrons. The molecule has 0 spiro atoms. The number of aromatic nitrogens is 6. The van der Waals surface area contributed by atoms with Crippen LogP contribution in [0.25, 0.3) is 0 Å². The summed E-state index contributed by atoms with van der Waals surface area (Å²) < 4.78 is 4.64. The van der Waals surface area contributed by atoms with Gasteiger partial charge in [-0.15, -0.1) is 0 Å². The Morgan fingerprint density at radius 2 is 1.31 bits per heavy atom. The highest BCUT2D eigenvalue weighted by Crippen LogP contribution is 2.20. The van der Waals surface area contributed by atoms with Gasteiger partial charge in [0.1, 0.15) is 34.9 Å². The van der Waals surface area contributed by atoms with Crippen LogP contribution < -0.4 is 53.6 Å². The molecule has 0 aliphatic carbocycles. The van der Waals surface area contributed by atoms with E-state index in [0.717, 1.165) is 0 Å². The van der Waals surface area contributed by atoms with Gasteiger partial charge in [-0.25, -0.2) is 9.97 Å². The maximum absolute atomic E-state index is 13.4. The molecular weight excluding hydrogens is 881 g/mol. The Labute approximate surface area is 391 Å². The molecule has 0 saturated heterocycles. The number of carbonyl (C=O) groups excluding carboxylic acids is 8. The highest BCUT2D eigenvalue weighted by molar-refractivity contribution is 6.08. The summed E-state index contributed by atoms with van der Waals surface area (Å²) in [6, 6.07) is 7.27. The van der Waals surface area contributed by atoms with Crippen LogP contribution in [0, 0.1) is 0 Å². The van der Waals surface area contributed by atoms with Gasteiger partial charge >= 0.3 is 0 Å². The Balaban J connectivity index is 1.04. The lowest BCUT2D eigenvalue weighted by atomic mass is 10.1. The zero-order valence-corrected chi connectivity index (χ0v) is 38.4. The second kappa shape index (κ2) is 24.4. The smallest absolute Gasteiger partial charge is 0.272 e. The van der Waals surface area contributed by atoms with Crippen LogP contribution in [-0.2, 0) is 53.3 Å². The summed E-state index contributed by atoms with van der Waals surface area (Å²) in [5.41, 5.74) is 8.69. The van der Waals surface area contributed by atoms with E-state index >= 15 is 0 Å². The van der Waals surface area contributed by atoms with Crippen LogP contribution in [0.4, 0.5) is 17.1 Å². The van der Waals surface area contributed by atoms with E-state index in [2.05, 4.69) is 62.8 Å². The number of hydrogen-bond donors (Lipinski definition) is 11. The van der Waals surface area contributed by atoms with Gasteiger partial charge in [0.25, 0.3) is 23.6 Å². The summed E-state index contributed by atoms with van der Waals surface area (Å²) in [5, 5.41) is 24.4. The first-order chi connectivity index (χ1) is 32.5. The third-order valence-electron chi connectivity index (χ3n) is 10.2. The van der Waals surface area contributed by atoms with E-state index < -0.39 is 60.0 Å². The van der Waals surface area contributed by atoms with Crippen molar-refractivity contribution >= 4 is 64.3 Å². The van der Waals surface area contributed by atoms with Crippen LogP contribution in [0.5, 0.6) is 0 Å². The summed E-state index contributed by atoms with van der Waals surface area (Å²) >= 11 is 0. The van der Waals surface area contributed by atoms with Crippen molar-refractivity contribution < 1.29 is 38.4 Å². The first-order valence-electron chi connectivity index (χ1n) is 21.7. The van der Waals surface area contributed by atoms with Crippen molar-refractivity contribution in [2.45, 2.75) is 51.7 Å². The van der Waals surface area contributed by atoms with Crippen LogP contribution >= 0.6 is 0 Å². The number of nitrogens with zero attached hydrogens (tertiary/aromatic N) is 5. The zero-order chi connectivity index (χ0) is 49.3. The van der Waals surface area contributed by atoms with Crippen molar-refractivity contribution in [2.75, 3.05) is 48.7 Å². The van der Waals surface area contributed by atoms with Crippen molar-refractivity contribution in [1.82, 2.24) is 60.6 Å². The molecule has 0 fully saturated rings. The summed E-state index contributed by atoms with van der Waals surface area (Å²) in [5.74, 6) is -4.07. The molecule has 24 heteroatoms. The average molecular weight is 939 g/mol. The number of imidazole rings is 1. The summed E-state index contributed by atoms with van der Waals surface area (Å²) in [6.07, 6.45) is 8.78. The van der Waals surface area contributed by atoms with Gasteiger partial charge in [-0.1, -0.05) is 13.0 Å². The SMILES string of the molecule is CCCC(=O)Nc1cc(C(=O)Nc2cc(C(=O)Nc3cc(C(=O)NCCNC(=O)CNC(=O)[C@@H](C)NC(=O)[C@H](Cc4cnc[nH]4)NC(=O)c4cccc(CNCCN)n4)n(C)c3)n(C)c2)n(C)c1. The van der Waals surface area contributed by atoms with E-state index in [0.29, 0.717) is 66.6 Å². The van der Waals surface area contributed by atoms with Gasteiger partial charge in [0.15, 0.2) is 0 Å². The summed E-state index contributed by atoms with van der Waals surface area (Å²) in [7, 11) is 4.94. The molecular formula is C44H58N16O8. The predicted molar refractivity (Wildman–Crippen MR) is 250 cm³/mol. The highest BCUT2D eigenvalue weighted by Gasteiger charge is 2.27. The molecule has 12 N–H and O–H groups in total. The van der Waals surface area contributed by atoms with E-state index in [-0.39, 0.29) is 42.5 Å². The zero-order valence-electron chi connectivity index (χ0n) is 38.4. The van der Waals surface area contributed by atoms with Gasteiger partial charge in [-0.2, -0.15) is 0 Å². The minimum atomic E-state index is -1.12. The number of anilines is 3. The lowest BCUT2D eigenvalue weighted by molar-refractivity contribution is -0.130. The number of hydrogen-bond acceptors (Lipinski definition) is 12. The van der Waals surface area contributed by atoms with Crippen LogP contribution in [-0.4, -0.2) is 121 Å². The minimum absolute atomic E-state index is 0.0187. The van der Waals surface area contributed by atoms with Crippen molar-refractivity contribution in [3.8, 4) is 0 Å². The fourth-order valence-corrected chi connectivity index (χ4v) is 6.73. The standard InChI is InChI=1S/C44H58N16O8/c1-6-8-37(61)54-29-16-35(59(4)22-29)43(67)56-31-18-36(60(5)24-31)44(68)55-30-17-34(58(3)23-30)42(66)49-14-13-48-38(62)21-50-39(63)26(2)52-41(65)33(15-28-20-47-25-51-28)57-40(64)32-10-7-9-27(53-32)19-46-12-11-45/h7,9-10,16-18,20,22-26,33,46H,6,8,11-15,19,21,45H2,1-5H3,(H,47,51)(H,48,62)(H,49,66)(H,50,63)(H,52,65)(H,54,61)(H,55,68)(H,56,67)(H,57,64)/t26-,33+/m1/s1. The van der Waals surface area contributed by atoms with Crippen LogP contribution in [0.2, 0.25) is 0 Å². The number of aromatic amines is 1. The molecule has 2 atom stereocenters. The van der Waals surface area contributed by atoms with E-state index in [1.165, 1.54) is 46.8 Å². The molecule has 0 saturated carbocycles. The van der Waals surface area contributed by atoms with Crippen molar-refractivity contribution in [1.29, 1.82) is 0 Å². The maximum atomic E-state index is 13.4. The Morgan fingerprint density at radius 3 is 1.90 bits per heavy atom. The Kier molecular flexibility index (Phi) is 18.3.